The zero-order chi connectivity index (χ0) is 8.27. The van der Waals surface area contributed by atoms with Crippen molar-refractivity contribution in [2.24, 2.45) is 0 Å². The fraction of sp³-hybridized carbons (Fsp3) is 0.625. The molecule has 62 valence electrons. The lowest BCUT2D eigenvalue weighted by Gasteiger charge is -2.08. The van der Waals surface area contributed by atoms with Gasteiger partial charge in [-0.2, -0.15) is 11.8 Å². The molecule has 0 saturated carbocycles. The molecule has 1 atom stereocenters. The van der Waals surface area contributed by atoms with Gasteiger partial charge in [-0.1, -0.05) is 6.58 Å². The highest BCUT2D eigenvalue weighted by atomic mass is 32.2. The number of rotatable bonds is 2. The molecule has 0 radical (unpaired) electrons. The lowest BCUT2D eigenvalue weighted by molar-refractivity contribution is -0.136. The van der Waals surface area contributed by atoms with Crippen LogP contribution in [0.5, 0.6) is 0 Å². The Labute approximate surface area is 71.0 Å². The summed E-state index contributed by atoms with van der Waals surface area (Å²) in [4.78, 5) is 11.0. The molecular weight excluding hydrogens is 160 g/mol. The maximum Gasteiger partial charge on any atom is 0.334 e. The van der Waals surface area contributed by atoms with Gasteiger partial charge in [0.2, 0.25) is 0 Å². The van der Waals surface area contributed by atoms with E-state index in [0.717, 1.165) is 12.2 Å². The number of thioether (sulfide) groups is 1. The van der Waals surface area contributed by atoms with Gasteiger partial charge in [-0.15, -0.1) is 0 Å². The molecule has 2 nitrogen and oxygen atoms in total. The van der Waals surface area contributed by atoms with Gasteiger partial charge in [0.05, 0.1) is 7.11 Å². The van der Waals surface area contributed by atoms with Crippen molar-refractivity contribution in [1.82, 2.24) is 0 Å². The standard InChI is InChI=1S/C8H12O2S/c1-6(8(9)10-2)7-4-3-5-11-7/h7H,1,3-5H2,2H3. The first kappa shape index (κ1) is 8.65. The Morgan fingerprint density at radius 3 is 2.91 bits per heavy atom. The Bertz CT molecular complexity index is 171. The van der Waals surface area contributed by atoms with Gasteiger partial charge in [0, 0.05) is 10.8 Å². The number of carbonyl (C=O) groups excluding carboxylic acids is 1. The van der Waals surface area contributed by atoms with E-state index in [9.17, 15) is 4.79 Å². The van der Waals surface area contributed by atoms with Crippen molar-refractivity contribution in [3.8, 4) is 0 Å². The molecule has 1 saturated heterocycles. The van der Waals surface area contributed by atoms with Gasteiger partial charge in [0.25, 0.3) is 0 Å². The van der Waals surface area contributed by atoms with Gasteiger partial charge >= 0.3 is 5.97 Å². The molecule has 1 aliphatic heterocycles. The molecule has 0 N–H and O–H groups in total. The van der Waals surface area contributed by atoms with Gasteiger partial charge in [0.15, 0.2) is 0 Å². The van der Waals surface area contributed by atoms with Crippen LogP contribution in [0.1, 0.15) is 12.8 Å². The number of hydrogen-bond acceptors (Lipinski definition) is 3. The molecule has 0 aromatic heterocycles. The summed E-state index contributed by atoms with van der Waals surface area (Å²) in [6.07, 6.45) is 2.25. The van der Waals surface area contributed by atoms with E-state index in [0.29, 0.717) is 10.8 Å². The van der Waals surface area contributed by atoms with Crippen LogP contribution in [0.4, 0.5) is 0 Å². The van der Waals surface area contributed by atoms with Gasteiger partial charge in [-0.05, 0) is 18.6 Å². The fourth-order valence-electron chi connectivity index (χ4n) is 1.12. The number of methoxy groups -OCH3 is 1. The monoisotopic (exact) mass is 172 g/mol. The predicted molar refractivity (Wildman–Crippen MR) is 46.6 cm³/mol. The highest BCUT2D eigenvalue weighted by Crippen LogP contribution is 2.31. The Balaban J connectivity index is 2.46. The SMILES string of the molecule is C=C(C(=O)OC)C1CCCS1. The van der Waals surface area contributed by atoms with Gasteiger partial charge in [-0.3, -0.25) is 0 Å². The smallest absolute Gasteiger partial charge is 0.334 e. The van der Waals surface area contributed by atoms with Crippen molar-refractivity contribution in [3.63, 3.8) is 0 Å². The molecule has 0 aliphatic carbocycles. The Hall–Kier alpha value is -0.440. The van der Waals surface area contributed by atoms with Crippen LogP contribution >= 0.6 is 11.8 Å². The molecule has 0 spiro atoms. The Morgan fingerprint density at radius 1 is 1.73 bits per heavy atom. The molecule has 11 heavy (non-hydrogen) atoms. The van der Waals surface area contributed by atoms with Crippen molar-refractivity contribution < 1.29 is 9.53 Å². The van der Waals surface area contributed by atoms with Crippen molar-refractivity contribution in [1.29, 1.82) is 0 Å². The van der Waals surface area contributed by atoms with E-state index in [-0.39, 0.29) is 5.97 Å². The summed E-state index contributed by atoms with van der Waals surface area (Å²) in [6, 6.07) is 0. The third-order valence-corrected chi connectivity index (χ3v) is 3.21. The Kier molecular flexibility index (Phi) is 3.00. The van der Waals surface area contributed by atoms with E-state index in [1.807, 2.05) is 0 Å². The molecule has 1 rings (SSSR count). The minimum Gasteiger partial charge on any atom is -0.466 e. The van der Waals surface area contributed by atoms with Crippen molar-refractivity contribution >= 4 is 17.7 Å². The van der Waals surface area contributed by atoms with Gasteiger partial charge in [0.1, 0.15) is 0 Å². The molecule has 1 aliphatic rings. The first-order valence-corrected chi connectivity index (χ1v) is 4.69. The first-order chi connectivity index (χ1) is 5.25. The molecule has 0 bridgehead atoms. The summed E-state index contributed by atoms with van der Waals surface area (Å²) in [5, 5.41) is 0.308. The van der Waals surface area contributed by atoms with Crippen LogP contribution in [-0.2, 0) is 9.53 Å². The first-order valence-electron chi connectivity index (χ1n) is 3.64. The van der Waals surface area contributed by atoms with Gasteiger partial charge < -0.3 is 4.74 Å². The number of carbonyl (C=O) groups is 1. The van der Waals surface area contributed by atoms with Crippen LogP contribution in [0.2, 0.25) is 0 Å². The summed E-state index contributed by atoms with van der Waals surface area (Å²) in [5.74, 6) is 0.880. The fourth-order valence-corrected chi connectivity index (χ4v) is 2.36. The van der Waals surface area contributed by atoms with Gasteiger partial charge in [-0.25, -0.2) is 4.79 Å². The third-order valence-electron chi connectivity index (χ3n) is 1.77. The van der Waals surface area contributed by atoms with Crippen molar-refractivity contribution in [3.05, 3.63) is 12.2 Å². The summed E-state index contributed by atoms with van der Waals surface area (Å²) in [7, 11) is 1.40. The summed E-state index contributed by atoms with van der Waals surface area (Å²) < 4.78 is 4.57. The largest absolute Gasteiger partial charge is 0.466 e. The normalized spacial score (nSPS) is 23.2. The zero-order valence-electron chi connectivity index (χ0n) is 6.63. The number of ether oxygens (including phenoxy) is 1. The van der Waals surface area contributed by atoms with Crippen LogP contribution in [0.15, 0.2) is 12.2 Å². The lowest BCUT2D eigenvalue weighted by atomic mass is 10.1. The predicted octanol–water partition coefficient (Wildman–Crippen LogP) is 1.61. The maximum atomic E-state index is 11.0. The molecule has 1 heterocycles. The average Bonchev–Trinajstić information content (AvgIpc) is 2.53. The second-order valence-electron chi connectivity index (χ2n) is 2.52. The maximum absolute atomic E-state index is 11.0. The third kappa shape index (κ3) is 1.99. The summed E-state index contributed by atoms with van der Waals surface area (Å²) in [5.41, 5.74) is 0.620. The second kappa shape index (κ2) is 3.81. The van der Waals surface area contributed by atoms with Crippen LogP contribution in [0.25, 0.3) is 0 Å². The van der Waals surface area contributed by atoms with E-state index in [2.05, 4.69) is 11.3 Å². The zero-order valence-corrected chi connectivity index (χ0v) is 7.45. The van der Waals surface area contributed by atoms with E-state index in [4.69, 9.17) is 0 Å². The highest BCUT2D eigenvalue weighted by molar-refractivity contribution is 8.00. The molecule has 0 aromatic carbocycles. The van der Waals surface area contributed by atoms with Crippen molar-refractivity contribution in [2.75, 3.05) is 12.9 Å². The van der Waals surface area contributed by atoms with E-state index >= 15 is 0 Å². The van der Waals surface area contributed by atoms with Crippen LogP contribution in [0, 0.1) is 0 Å². The van der Waals surface area contributed by atoms with E-state index in [1.54, 1.807) is 11.8 Å². The summed E-state index contributed by atoms with van der Waals surface area (Å²) >= 11 is 1.79. The minimum atomic E-state index is -0.260. The van der Waals surface area contributed by atoms with Crippen LogP contribution < -0.4 is 0 Å². The average molecular weight is 172 g/mol. The number of esters is 1. The topological polar surface area (TPSA) is 26.3 Å². The molecular formula is C8H12O2S. The highest BCUT2D eigenvalue weighted by Gasteiger charge is 2.23. The molecule has 0 aromatic rings. The quantitative estimate of drug-likeness (QED) is 0.467. The number of hydrogen-bond donors (Lipinski definition) is 0. The molecule has 1 fully saturated rings. The van der Waals surface area contributed by atoms with E-state index in [1.165, 1.54) is 13.5 Å². The Morgan fingerprint density at radius 2 is 2.45 bits per heavy atom. The van der Waals surface area contributed by atoms with Crippen molar-refractivity contribution in [2.45, 2.75) is 18.1 Å². The molecule has 1 unspecified atom stereocenters. The minimum absolute atomic E-state index is 0.260. The summed E-state index contributed by atoms with van der Waals surface area (Å²) in [6.45, 7) is 3.71. The molecule has 0 amide bonds. The van der Waals surface area contributed by atoms with Crippen LogP contribution in [-0.4, -0.2) is 24.1 Å². The second-order valence-corrected chi connectivity index (χ2v) is 3.83. The molecule has 3 heteroatoms. The van der Waals surface area contributed by atoms with E-state index < -0.39 is 0 Å². The lowest BCUT2D eigenvalue weighted by Crippen LogP contribution is -2.12. The van der Waals surface area contributed by atoms with Crippen LogP contribution in [0.3, 0.4) is 0 Å².